The standard InChI is InChI=1S/C14H13BrN2O2/c15-13-8-10(6-7-12(13)14(18)19)9-16-17-11-4-2-1-3-5-11/h1-8,16-17H,9H2,(H,18,19). The maximum Gasteiger partial charge on any atom is 0.336 e. The van der Waals surface area contributed by atoms with Crippen LogP contribution in [0, 0.1) is 0 Å². The van der Waals surface area contributed by atoms with Gasteiger partial charge in [0.1, 0.15) is 0 Å². The molecule has 2 rings (SSSR count). The smallest absolute Gasteiger partial charge is 0.336 e. The first kappa shape index (κ1) is 13.6. The lowest BCUT2D eigenvalue weighted by Crippen LogP contribution is -2.20. The van der Waals surface area contributed by atoms with E-state index >= 15 is 0 Å². The lowest BCUT2D eigenvalue weighted by molar-refractivity contribution is 0.0696. The number of anilines is 1. The van der Waals surface area contributed by atoms with Crippen LogP contribution >= 0.6 is 15.9 Å². The molecule has 0 fully saturated rings. The van der Waals surface area contributed by atoms with Crippen molar-refractivity contribution in [2.24, 2.45) is 0 Å². The van der Waals surface area contributed by atoms with E-state index in [0.29, 0.717) is 11.0 Å². The summed E-state index contributed by atoms with van der Waals surface area (Å²) >= 11 is 3.26. The molecular formula is C14H13BrN2O2. The lowest BCUT2D eigenvalue weighted by atomic mass is 10.1. The van der Waals surface area contributed by atoms with Gasteiger partial charge in [0.05, 0.1) is 5.56 Å². The van der Waals surface area contributed by atoms with Crippen LogP contribution in [0.2, 0.25) is 0 Å². The number of carboxylic acids is 1. The summed E-state index contributed by atoms with van der Waals surface area (Å²) in [5.41, 5.74) is 8.37. The molecule has 2 aromatic carbocycles. The molecule has 0 unspecified atom stereocenters. The first-order valence-corrected chi connectivity index (χ1v) is 6.52. The molecule has 0 aliphatic rings. The van der Waals surface area contributed by atoms with Gasteiger partial charge in [0.25, 0.3) is 0 Å². The fourth-order valence-electron chi connectivity index (χ4n) is 1.61. The molecule has 98 valence electrons. The summed E-state index contributed by atoms with van der Waals surface area (Å²) in [6.07, 6.45) is 0. The van der Waals surface area contributed by atoms with Gasteiger partial charge in [-0.2, -0.15) is 0 Å². The number of benzene rings is 2. The molecule has 0 heterocycles. The summed E-state index contributed by atoms with van der Waals surface area (Å²) < 4.78 is 0.582. The van der Waals surface area contributed by atoms with E-state index < -0.39 is 5.97 Å². The first-order chi connectivity index (χ1) is 9.16. The predicted molar refractivity (Wildman–Crippen MR) is 78.0 cm³/mol. The fraction of sp³-hybridized carbons (Fsp3) is 0.0714. The van der Waals surface area contributed by atoms with Gasteiger partial charge in [-0.3, -0.25) is 0 Å². The van der Waals surface area contributed by atoms with Gasteiger partial charge in [-0.05, 0) is 45.8 Å². The van der Waals surface area contributed by atoms with Crippen LogP contribution in [0.4, 0.5) is 5.69 Å². The summed E-state index contributed by atoms with van der Waals surface area (Å²) in [5, 5.41) is 8.92. The molecule has 0 atom stereocenters. The molecule has 3 N–H and O–H groups in total. The molecule has 4 nitrogen and oxygen atoms in total. The second-order valence-corrected chi connectivity index (χ2v) is 4.82. The number of hydrogen-bond acceptors (Lipinski definition) is 3. The highest BCUT2D eigenvalue weighted by Gasteiger charge is 2.07. The Kier molecular flexibility index (Phi) is 4.54. The third-order valence-electron chi connectivity index (χ3n) is 2.56. The van der Waals surface area contributed by atoms with E-state index in [-0.39, 0.29) is 5.56 Å². The monoisotopic (exact) mass is 320 g/mol. The van der Waals surface area contributed by atoms with Gasteiger partial charge in [-0.25, -0.2) is 10.2 Å². The van der Waals surface area contributed by atoms with Crippen LogP contribution in [0.3, 0.4) is 0 Å². The minimum Gasteiger partial charge on any atom is -0.478 e. The molecule has 0 aliphatic carbocycles. The van der Waals surface area contributed by atoms with E-state index in [1.54, 1.807) is 18.2 Å². The number of para-hydroxylation sites is 1. The number of carbonyl (C=O) groups is 1. The van der Waals surface area contributed by atoms with E-state index in [9.17, 15) is 4.79 Å². The van der Waals surface area contributed by atoms with Gasteiger partial charge >= 0.3 is 5.97 Å². The number of hydrazine groups is 1. The van der Waals surface area contributed by atoms with Crippen molar-refractivity contribution in [3.8, 4) is 0 Å². The number of aromatic carboxylic acids is 1. The average molecular weight is 321 g/mol. The third-order valence-corrected chi connectivity index (χ3v) is 3.22. The SMILES string of the molecule is O=C(O)c1ccc(CNNc2ccccc2)cc1Br. The molecule has 2 aromatic rings. The average Bonchev–Trinajstić information content (AvgIpc) is 2.39. The molecular weight excluding hydrogens is 308 g/mol. The number of hydrogen-bond donors (Lipinski definition) is 3. The number of nitrogens with one attached hydrogen (secondary N) is 2. The van der Waals surface area contributed by atoms with Crippen LogP contribution in [-0.4, -0.2) is 11.1 Å². The Morgan fingerprint density at radius 2 is 1.89 bits per heavy atom. The van der Waals surface area contributed by atoms with Crippen molar-refractivity contribution in [2.75, 3.05) is 5.43 Å². The number of carboxylic acid groups (broad SMARTS) is 1. The maximum atomic E-state index is 10.9. The topological polar surface area (TPSA) is 61.4 Å². The van der Waals surface area contributed by atoms with Gasteiger partial charge in [0, 0.05) is 16.7 Å². The Hall–Kier alpha value is -1.85. The molecule has 0 aliphatic heterocycles. The Balaban J connectivity index is 1.93. The van der Waals surface area contributed by atoms with Crippen LogP contribution in [0.1, 0.15) is 15.9 Å². The lowest BCUT2D eigenvalue weighted by Gasteiger charge is -2.09. The van der Waals surface area contributed by atoms with E-state index in [4.69, 9.17) is 5.11 Å². The number of rotatable bonds is 5. The van der Waals surface area contributed by atoms with Gasteiger partial charge in [-0.15, -0.1) is 0 Å². The zero-order valence-corrected chi connectivity index (χ0v) is 11.6. The number of halogens is 1. The molecule has 0 radical (unpaired) electrons. The van der Waals surface area contributed by atoms with Crippen LogP contribution in [0.5, 0.6) is 0 Å². The van der Waals surface area contributed by atoms with Crippen molar-refractivity contribution in [1.82, 2.24) is 5.43 Å². The summed E-state index contributed by atoms with van der Waals surface area (Å²) in [5.74, 6) is -0.936. The Morgan fingerprint density at radius 1 is 1.16 bits per heavy atom. The van der Waals surface area contributed by atoms with Crippen LogP contribution in [0.15, 0.2) is 53.0 Å². The maximum absolute atomic E-state index is 10.9. The summed E-state index contributed by atoms with van der Waals surface area (Å²) in [6, 6.07) is 14.9. The first-order valence-electron chi connectivity index (χ1n) is 5.72. The van der Waals surface area contributed by atoms with E-state index in [0.717, 1.165) is 11.3 Å². The second kappa shape index (κ2) is 6.36. The largest absolute Gasteiger partial charge is 0.478 e. The molecule has 0 spiro atoms. The second-order valence-electron chi connectivity index (χ2n) is 3.96. The summed E-state index contributed by atoms with van der Waals surface area (Å²) in [7, 11) is 0. The third kappa shape index (κ3) is 3.81. The van der Waals surface area contributed by atoms with Crippen molar-refractivity contribution in [3.63, 3.8) is 0 Å². The highest BCUT2D eigenvalue weighted by Crippen LogP contribution is 2.18. The van der Waals surface area contributed by atoms with Crippen molar-refractivity contribution in [1.29, 1.82) is 0 Å². The molecule has 19 heavy (non-hydrogen) atoms. The van der Waals surface area contributed by atoms with E-state index in [1.807, 2.05) is 30.3 Å². The molecule has 0 saturated heterocycles. The zero-order valence-electron chi connectivity index (χ0n) is 10.1. The van der Waals surface area contributed by atoms with Crippen molar-refractivity contribution in [2.45, 2.75) is 6.54 Å². The van der Waals surface area contributed by atoms with Crippen LogP contribution < -0.4 is 10.9 Å². The Bertz CT molecular complexity index is 573. The molecule has 0 aromatic heterocycles. The van der Waals surface area contributed by atoms with Crippen LogP contribution in [-0.2, 0) is 6.54 Å². The van der Waals surface area contributed by atoms with Gasteiger partial charge in [-0.1, -0.05) is 24.3 Å². The Morgan fingerprint density at radius 3 is 2.53 bits per heavy atom. The fourth-order valence-corrected chi connectivity index (χ4v) is 2.21. The zero-order chi connectivity index (χ0) is 13.7. The minimum absolute atomic E-state index is 0.264. The normalized spacial score (nSPS) is 10.2. The van der Waals surface area contributed by atoms with Crippen molar-refractivity contribution in [3.05, 3.63) is 64.1 Å². The predicted octanol–water partition coefficient (Wildman–Crippen LogP) is 3.26. The van der Waals surface area contributed by atoms with Gasteiger partial charge in [0.15, 0.2) is 0 Å². The highest BCUT2D eigenvalue weighted by molar-refractivity contribution is 9.10. The summed E-state index contributed by atoms with van der Waals surface area (Å²) in [4.78, 5) is 10.9. The van der Waals surface area contributed by atoms with Crippen LogP contribution in [0.25, 0.3) is 0 Å². The van der Waals surface area contributed by atoms with Crippen molar-refractivity contribution >= 4 is 27.6 Å². The quantitative estimate of drug-likeness (QED) is 0.740. The molecule has 0 amide bonds. The molecule has 5 heteroatoms. The molecule has 0 saturated carbocycles. The summed E-state index contributed by atoms with van der Waals surface area (Å²) in [6.45, 7) is 0.591. The Labute approximate surface area is 119 Å². The van der Waals surface area contributed by atoms with Gasteiger partial charge in [0.2, 0.25) is 0 Å². The van der Waals surface area contributed by atoms with E-state index in [2.05, 4.69) is 26.8 Å². The van der Waals surface area contributed by atoms with Gasteiger partial charge < -0.3 is 10.5 Å². The van der Waals surface area contributed by atoms with Crippen molar-refractivity contribution < 1.29 is 9.90 Å². The van der Waals surface area contributed by atoms with E-state index in [1.165, 1.54) is 0 Å². The highest BCUT2D eigenvalue weighted by atomic mass is 79.9. The minimum atomic E-state index is -0.936. The molecule has 0 bridgehead atoms.